The largest absolute Gasteiger partial charge is 0.394 e. The van der Waals surface area contributed by atoms with Gasteiger partial charge in [-0.1, -0.05) is 299 Å². The summed E-state index contributed by atoms with van der Waals surface area (Å²) >= 11 is 0. The molecular weight excluding hydrogens is 831 g/mol. The zero-order valence-electron chi connectivity index (χ0n) is 45.9. The van der Waals surface area contributed by atoms with E-state index in [-0.39, 0.29) is 12.5 Å². The average Bonchev–Trinajstić information content (AvgIpc) is 3.34. The number of unbranched alkanes of at least 4 members (excludes halogenated alkanes) is 41. The van der Waals surface area contributed by atoms with Gasteiger partial charge in [0.1, 0.15) is 0 Å². The van der Waals surface area contributed by atoms with Crippen LogP contribution in [0.2, 0.25) is 0 Å². The van der Waals surface area contributed by atoms with Crippen molar-refractivity contribution in [2.45, 2.75) is 334 Å². The van der Waals surface area contributed by atoms with Crippen LogP contribution in [0.1, 0.15) is 322 Å². The lowest BCUT2D eigenvalue weighted by molar-refractivity contribution is -0.123. The summed E-state index contributed by atoms with van der Waals surface area (Å²) in [6.07, 6.45) is 84.1. The standard InChI is InChI=1S/C64H119NO3/c1-3-5-7-9-11-13-15-17-19-21-23-25-27-29-30-31-32-33-34-36-37-39-41-43-45-47-49-51-53-55-57-59-63(67)62(61-66)65-64(68)60-58-56-54-52-50-48-46-44-42-40-38-35-28-26-24-22-20-18-16-14-12-10-8-6-4-2/h16,18,22,24,41,43,49,51,57,59,62-63,66-67H,3-15,17,19-21,23,25-40,42,44-48,50,52-56,58,60-61H2,1-2H3,(H,65,68)/b18-16-,24-22-,43-41+,51-49+,59-57+. The summed E-state index contributed by atoms with van der Waals surface area (Å²) in [6, 6.07) is -0.649. The first-order valence-corrected chi connectivity index (χ1v) is 30.5. The molecule has 0 rings (SSSR count). The molecular formula is C64H119NO3. The molecule has 0 fully saturated rings. The molecule has 0 bridgehead atoms. The minimum atomic E-state index is -0.874. The second-order valence-corrected chi connectivity index (χ2v) is 20.7. The Hall–Kier alpha value is -1.91. The van der Waals surface area contributed by atoms with Crippen molar-refractivity contribution in [1.29, 1.82) is 0 Å². The summed E-state index contributed by atoms with van der Waals surface area (Å²) in [4.78, 5) is 12.5. The Morgan fingerprint density at radius 3 is 0.941 bits per heavy atom. The summed E-state index contributed by atoms with van der Waals surface area (Å²) in [5.41, 5.74) is 0. The maximum atomic E-state index is 12.5. The molecule has 0 aromatic heterocycles. The van der Waals surface area contributed by atoms with Gasteiger partial charge in [0.25, 0.3) is 0 Å². The summed E-state index contributed by atoms with van der Waals surface area (Å²) in [5.74, 6) is -0.0765. The highest BCUT2D eigenvalue weighted by atomic mass is 16.3. The van der Waals surface area contributed by atoms with Crippen molar-refractivity contribution in [2.75, 3.05) is 6.61 Å². The third-order valence-corrected chi connectivity index (χ3v) is 14.0. The van der Waals surface area contributed by atoms with Gasteiger partial charge in [0.2, 0.25) is 5.91 Å². The van der Waals surface area contributed by atoms with E-state index in [0.717, 1.165) is 44.9 Å². The third-order valence-electron chi connectivity index (χ3n) is 14.0. The average molecular weight is 951 g/mol. The zero-order valence-corrected chi connectivity index (χ0v) is 45.9. The van der Waals surface area contributed by atoms with E-state index in [2.05, 4.69) is 67.8 Å². The quantitative estimate of drug-likeness (QED) is 0.0420. The molecule has 0 aromatic rings. The van der Waals surface area contributed by atoms with E-state index in [1.54, 1.807) is 6.08 Å². The Bertz CT molecular complexity index is 1120. The third kappa shape index (κ3) is 55.0. The number of carbonyl (C=O) groups excluding carboxylic acids is 1. The number of amides is 1. The van der Waals surface area contributed by atoms with E-state index in [4.69, 9.17) is 0 Å². The molecule has 0 heterocycles. The van der Waals surface area contributed by atoms with Crippen LogP contribution in [-0.2, 0) is 4.79 Å². The molecule has 0 saturated heterocycles. The molecule has 2 unspecified atom stereocenters. The Morgan fingerprint density at radius 1 is 0.353 bits per heavy atom. The first-order chi connectivity index (χ1) is 33.7. The van der Waals surface area contributed by atoms with Gasteiger partial charge < -0.3 is 15.5 Å². The van der Waals surface area contributed by atoms with Gasteiger partial charge in [0.05, 0.1) is 18.8 Å². The number of hydrogen-bond acceptors (Lipinski definition) is 3. The summed E-state index contributed by atoms with van der Waals surface area (Å²) < 4.78 is 0. The van der Waals surface area contributed by atoms with E-state index < -0.39 is 12.1 Å². The highest BCUT2D eigenvalue weighted by Crippen LogP contribution is 2.17. The summed E-state index contributed by atoms with van der Waals surface area (Å²) in [7, 11) is 0. The van der Waals surface area contributed by atoms with Gasteiger partial charge in [-0.3, -0.25) is 4.79 Å². The Kier molecular flexibility index (Phi) is 57.7. The number of hydrogen-bond donors (Lipinski definition) is 3. The minimum Gasteiger partial charge on any atom is -0.394 e. The lowest BCUT2D eigenvalue weighted by Crippen LogP contribution is -2.45. The van der Waals surface area contributed by atoms with E-state index in [1.165, 1.54) is 257 Å². The van der Waals surface area contributed by atoms with Gasteiger partial charge in [-0.05, 0) is 77.0 Å². The molecule has 0 saturated carbocycles. The van der Waals surface area contributed by atoms with Crippen LogP contribution in [0.5, 0.6) is 0 Å². The predicted molar refractivity (Wildman–Crippen MR) is 304 cm³/mol. The van der Waals surface area contributed by atoms with Crippen molar-refractivity contribution in [2.24, 2.45) is 0 Å². The van der Waals surface area contributed by atoms with E-state index in [0.29, 0.717) is 6.42 Å². The van der Waals surface area contributed by atoms with Crippen LogP contribution in [0.3, 0.4) is 0 Å². The first kappa shape index (κ1) is 66.1. The van der Waals surface area contributed by atoms with Gasteiger partial charge in [0.15, 0.2) is 0 Å². The maximum Gasteiger partial charge on any atom is 0.220 e. The molecule has 0 spiro atoms. The van der Waals surface area contributed by atoms with Crippen molar-refractivity contribution < 1.29 is 15.0 Å². The van der Waals surface area contributed by atoms with Crippen molar-refractivity contribution >= 4 is 5.91 Å². The second kappa shape index (κ2) is 59.4. The smallest absolute Gasteiger partial charge is 0.220 e. The predicted octanol–water partition coefficient (Wildman–Crippen LogP) is 20.4. The number of aliphatic hydroxyl groups is 2. The highest BCUT2D eigenvalue weighted by molar-refractivity contribution is 5.76. The Labute approximate surface area is 426 Å². The lowest BCUT2D eigenvalue weighted by Gasteiger charge is -2.19. The molecule has 4 nitrogen and oxygen atoms in total. The Morgan fingerprint density at radius 2 is 0.618 bits per heavy atom. The number of aliphatic hydroxyl groups excluding tert-OH is 2. The number of carbonyl (C=O) groups is 1. The normalized spacial score (nSPS) is 13.2. The van der Waals surface area contributed by atoms with Crippen LogP contribution < -0.4 is 5.32 Å². The van der Waals surface area contributed by atoms with Crippen molar-refractivity contribution in [3.05, 3.63) is 60.8 Å². The van der Waals surface area contributed by atoms with Crippen LogP contribution in [-0.4, -0.2) is 34.9 Å². The van der Waals surface area contributed by atoms with Crippen LogP contribution in [0.4, 0.5) is 0 Å². The first-order valence-electron chi connectivity index (χ1n) is 30.5. The minimum absolute atomic E-state index is 0.0765. The van der Waals surface area contributed by atoms with Crippen LogP contribution >= 0.6 is 0 Å². The van der Waals surface area contributed by atoms with Crippen molar-refractivity contribution in [1.82, 2.24) is 5.32 Å². The Balaban J connectivity index is 3.54. The van der Waals surface area contributed by atoms with Gasteiger partial charge in [-0.2, -0.15) is 0 Å². The molecule has 0 aliphatic heterocycles. The summed E-state index contributed by atoms with van der Waals surface area (Å²) in [6.45, 7) is 4.31. The van der Waals surface area contributed by atoms with Crippen molar-refractivity contribution in [3.8, 4) is 0 Å². The molecule has 0 radical (unpaired) electrons. The molecule has 68 heavy (non-hydrogen) atoms. The molecule has 3 N–H and O–H groups in total. The number of nitrogens with one attached hydrogen (secondary N) is 1. The van der Waals surface area contributed by atoms with Gasteiger partial charge in [-0.15, -0.1) is 0 Å². The molecule has 398 valence electrons. The SMILES string of the molecule is CCCCCCC/C=C\C/C=C\CCCCCCCCCCCCCCCC(=O)NC(CO)C(O)/C=C/CC/C=C/CC/C=C/CCCCCCCCCCCCCCCCCCCCCCC. The van der Waals surface area contributed by atoms with Crippen LogP contribution in [0, 0.1) is 0 Å². The van der Waals surface area contributed by atoms with Crippen LogP contribution in [0.15, 0.2) is 60.8 Å². The topological polar surface area (TPSA) is 69.6 Å². The van der Waals surface area contributed by atoms with Gasteiger partial charge in [-0.25, -0.2) is 0 Å². The number of allylic oxidation sites excluding steroid dienone is 9. The number of rotatable bonds is 56. The van der Waals surface area contributed by atoms with E-state index in [9.17, 15) is 15.0 Å². The van der Waals surface area contributed by atoms with E-state index >= 15 is 0 Å². The van der Waals surface area contributed by atoms with Gasteiger partial charge in [0, 0.05) is 6.42 Å². The molecule has 1 amide bonds. The molecule has 4 heteroatoms. The second-order valence-electron chi connectivity index (χ2n) is 20.7. The van der Waals surface area contributed by atoms with E-state index in [1.807, 2.05) is 6.08 Å². The highest BCUT2D eigenvalue weighted by Gasteiger charge is 2.18. The molecule has 2 atom stereocenters. The zero-order chi connectivity index (χ0) is 49.2. The fourth-order valence-corrected chi connectivity index (χ4v) is 9.30. The molecule has 0 aromatic carbocycles. The fourth-order valence-electron chi connectivity index (χ4n) is 9.30. The van der Waals surface area contributed by atoms with Crippen LogP contribution in [0.25, 0.3) is 0 Å². The lowest BCUT2D eigenvalue weighted by atomic mass is 10.0. The molecule has 0 aliphatic carbocycles. The molecule has 0 aliphatic rings. The fraction of sp³-hybridized carbons (Fsp3) is 0.828. The van der Waals surface area contributed by atoms with Gasteiger partial charge >= 0.3 is 0 Å². The maximum absolute atomic E-state index is 12.5. The monoisotopic (exact) mass is 950 g/mol. The van der Waals surface area contributed by atoms with Crippen molar-refractivity contribution in [3.63, 3.8) is 0 Å². The summed E-state index contributed by atoms with van der Waals surface area (Å²) in [5, 5.41) is 23.2.